The molecule has 0 aromatic heterocycles. The Balaban J connectivity index is 0.00000113. The van der Waals surface area contributed by atoms with Gasteiger partial charge in [-0.15, -0.1) is 33.4 Å². The second kappa shape index (κ2) is 8.99. The Kier molecular flexibility index (Phi) is 8.07. The minimum Gasteiger partial charge on any atom is -1.00 e. The van der Waals surface area contributed by atoms with Crippen LogP contribution in [0.15, 0.2) is 53.6 Å². The fraction of sp³-hybridized carbons (Fsp3) is 0.227. The standard InChI is InChI=1S/C22H21Si.2ClH.Ti/c1-14-9-10-17(15(14)2)22-20-13-16-7-5-6-8-18(16)19(20)11-12-21(22)23(3)4;;;/h5-9,11-12H,10H2,1-4H3;2*1H;/q-1;;;+3/p-2. The minimum atomic E-state index is -0.524. The van der Waals surface area contributed by atoms with Crippen molar-refractivity contribution in [3.63, 3.8) is 0 Å². The maximum atomic E-state index is 3.71. The molecule has 2 aromatic carbocycles. The average Bonchev–Trinajstić information content (AvgIpc) is 3.07. The van der Waals surface area contributed by atoms with E-state index in [-0.39, 0.29) is 46.5 Å². The summed E-state index contributed by atoms with van der Waals surface area (Å²) in [6.45, 7) is 9.29. The summed E-state index contributed by atoms with van der Waals surface area (Å²) < 4.78 is 0. The molecular formula is C22H21Cl2SiTi. The molecule has 26 heavy (non-hydrogen) atoms. The molecule has 131 valence electrons. The molecule has 0 nitrogen and oxygen atoms in total. The molecule has 0 saturated carbocycles. The Morgan fingerprint density at radius 3 is 2.23 bits per heavy atom. The van der Waals surface area contributed by atoms with Crippen LogP contribution in [0, 0.1) is 15.3 Å². The Labute approximate surface area is 184 Å². The Morgan fingerprint density at radius 2 is 1.62 bits per heavy atom. The number of allylic oxidation sites excluding steroid dienone is 4. The summed E-state index contributed by atoms with van der Waals surface area (Å²) in [5.74, 6) is 0. The molecule has 0 unspecified atom stereocenters. The Bertz CT molecular complexity index is 1120. The fourth-order valence-electron chi connectivity index (χ4n) is 3.74. The zero-order valence-electron chi connectivity index (χ0n) is 15.5. The first-order valence-corrected chi connectivity index (χ1v) is 10.8. The number of halogens is 2. The van der Waals surface area contributed by atoms with E-state index < -0.39 is 8.41 Å². The molecule has 4 heteroatoms. The van der Waals surface area contributed by atoms with Crippen molar-refractivity contribution in [3.05, 3.63) is 85.2 Å². The summed E-state index contributed by atoms with van der Waals surface area (Å²) in [7, 11) is -0.524. The van der Waals surface area contributed by atoms with Crippen LogP contribution < -0.4 is 30.0 Å². The summed E-state index contributed by atoms with van der Waals surface area (Å²) in [6.07, 6.45) is 7.15. The normalized spacial score (nSPS) is 13.5. The van der Waals surface area contributed by atoms with Crippen molar-refractivity contribution in [2.24, 2.45) is 0 Å². The Morgan fingerprint density at radius 1 is 0.923 bits per heavy atom. The van der Waals surface area contributed by atoms with E-state index in [1.54, 1.807) is 4.81 Å². The number of hydrogen-bond donors (Lipinski definition) is 0. The van der Waals surface area contributed by atoms with Crippen LogP contribution >= 0.6 is 0 Å². The molecule has 0 saturated heterocycles. The smallest absolute Gasteiger partial charge is 1.00 e. The van der Waals surface area contributed by atoms with Gasteiger partial charge in [-0.25, -0.2) is 0 Å². The molecule has 0 aliphatic heterocycles. The maximum absolute atomic E-state index is 3.71. The fourth-order valence-corrected chi connectivity index (χ4v) is 4.93. The topological polar surface area (TPSA) is 0 Å². The quantitative estimate of drug-likeness (QED) is 0.332. The molecule has 2 aromatic rings. The molecular weight excluding hydrogens is 411 g/mol. The second-order valence-electron chi connectivity index (χ2n) is 6.78. The first kappa shape index (κ1) is 23.3. The summed E-state index contributed by atoms with van der Waals surface area (Å²) >= 11 is 0. The zero-order valence-corrected chi connectivity index (χ0v) is 19.6. The molecule has 0 amide bonds. The van der Waals surface area contributed by atoms with Gasteiger partial charge in [0.1, 0.15) is 0 Å². The second-order valence-corrected chi connectivity index (χ2v) is 9.31. The molecule has 0 bridgehead atoms. The van der Waals surface area contributed by atoms with Gasteiger partial charge in [-0.2, -0.15) is 0 Å². The molecule has 0 N–H and O–H groups in total. The Hall–Kier alpha value is -0.699. The molecule has 0 atom stereocenters. The van der Waals surface area contributed by atoms with Crippen LogP contribution in [0.5, 0.6) is 0 Å². The van der Waals surface area contributed by atoms with Crippen LogP contribution in [0.25, 0.3) is 11.6 Å². The van der Waals surface area contributed by atoms with E-state index in [0.29, 0.717) is 0 Å². The van der Waals surface area contributed by atoms with Gasteiger partial charge in [-0.05, 0) is 20.3 Å². The van der Waals surface area contributed by atoms with Gasteiger partial charge in [-0.1, -0.05) is 76.6 Å². The van der Waals surface area contributed by atoms with Crippen LogP contribution in [0.4, 0.5) is 0 Å². The van der Waals surface area contributed by atoms with Gasteiger partial charge in [-0.3, -0.25) is 0 Å². The van der Waals surface area contributed by atoms with E-state index in [1.807, 2.05) is 0 Å². The predicted molar refractivity (Wildman–Crippen MR) is 100.0 cm³/mol. The maximum Gasteiger partial charge on any atom is 3.00 e. The van der Waals surface area contributed by atoms with E-state index >= 15 is 0 Å². The van der Waals surface area contributed by atoms with Crippen LogP contribution in [0.1, 0.15) is 31.4 Å². The zero-order chi connectivity index (χ0) is 16.1. The molecule has 0 spiro atoms. The summed E-state index contributed by atoms with van der Waals surface area (Å²) in [6, 6.07) is 13.3. The van der Waals surface area contributed by atoms with E-state index in [2.05, 4.69) is 75.5 Å². The summed E-state index contributed by atoms with van der Waals surface area (Å²) in [4.78, 5) is 1.55. The largest absolute Gasteiger partial charge is 3.00 e. The summed E-state index contributed by atoms with van der Waals surface area (Å²) in [5, 5.41) is 3.92. The molecule has 0 fully saturated rings. The molecule has 2 aliphatic rings. The number of benzene rings is 2. The summed E-state index contributed by atoms with van der Waals surface area (Å²) in [5.41, 5.74) is 7.21. The van der Waals surface area contributed by atoms with Crippen molar-refractivity contribution in [1.29, 1.82) is 0 Å². The molecule has 2 aliphatic carbocycles. The van der Waals surface area contributed by atoms with Crippen LogP contribution in [0.2, 0.25) is 13.1 Å². The number of fused-ring (bicyclic) bond motifs is 2. The van der Waals surface area contributed by atoms with Gasteiger partial charge in [0.25, 0.3) is 0 Å². The molecule has 1 radical (unpaired) electrons. The van der Waals surface area contributed by atoms with Crippen molar-refractivity contribution >= 4 is 20.1 Å². The predicted octanol–water partition coefficient (Wildman–Crippen LogP) is -1.29. The number of hydrogen-bond acceptors (Lipinski definition) is 0. The first-order valence-electron chi connectivity index (χ1n) is 8.29. The van der Waals surface area contributed by atoms with Crippen molar-refractivity contribution < 1.29 is 46.5 Å². The average molecular weight is 432 g/mol. The monoisotopic (exact) mass is 431 g/mol. The van der Waals surface area contributed by atoms with E-state index in [0.717, 1.165) is 6.42 Å². The van der Waals surface area contributed by atoms with Gasteiger partial charge in [0.15, 0.2) is 0 Å². The van der Waals surface area contributed by atoms with E-state index in [4.69, 9.17) is 0 Å². The van der Waals surface area contributed by atoms with Crippen LogP contribution in [-0.2, 0) is 21.7 Å². The van der Waals surface area contributed by atoms with E-state index in [9.17, 15) is 0 Å². The van der Waals surface area contributed by atoms with Gasteiger partial charge < -0.3 is 24.8 Å². The molecule has 4 rings (SSSR count). The third-order valence-corrected chi connectivity index (χ3v) is 6.67. The van der Waals surface area contributed by atoms with Crippen LogP contribution in [-0.4, -0.2) is 8.41 Å². The minimum absolute atomic E-state index is 0. The third-order valence-electron chi connectivity index (χ3n) is 5.18. The van der Waals surface area contributed by atoms with Crippen molar-refractivity contribution in [1.82, 2.24) is 0 Å². The van der Waals surface area contributed by atoms with Gasteiger partial charge in [0, 0.05) is 8.41 Å². The molecule has 0 heterocycles. The SMILES string of the molecule is CC1=CCC(c2c3c(ccc2=[Si](C)C)=c2ccccc2=[C-]3)=C1C.[Cl-].[Cl-].[Ti+3]. The number of rotatable bonds is 1. The van der Waals surface area contributed by atoms with Crippen LogP contribution in [0.3, 0.4) is 0 Å². The van der Waals surface area contributed by atoms with Crippen molar-refractivity contribution in [2.75, 3.05) is 0 Å². The van der Waals surface area contributed by atoms with Gasteiger partial charge >= 0.3 is 21.7 Å². The van der Waals surface area contributed by atoms with Crippen molar-refractivity contribution in [2.45, 2.75) is 33.4 Å². The first-order chi connectivity index (χ1) is 11.1. The van der Waals surface area contributed by atoms with Gasteiger partial charge in [0.05, 0.1) is 0 Å². The third kappa shape index (κ3) is 3.66. The van der Waals surface area contributed by atoms with Crippen molar-refractivity contribution in [3.8, 4) is 0 Å². The van der Waals surface area contributed by atoms with Gasteiger partial charge in [0.2, 0.25) is 0 Å². The van der Waals surface area contributed by atoms with E-state index in [1.165, 1.54) is 43.5 Å².